The van der Waals surface area contributed by atoms with Crippen molar-refractivity contribution in [3.63, 3.8) is 0 Å². The Balaban J connectivity index is 0.000000545. The van der Waals surface area contributed by atoms with E-state index in [0.29, 0.717) is 5.69 Å². The molecule has 0 aromatic carbocycles. The molecule has 0 saturated heterocycles. The summed E-state index contributed by atoms with van der Waals surface area (Å²) >= 11 is 0. The van der Waals surface area contributed by atoms with Gasteiger partial charge in [-0.25, -0.2) is 4.98 Å². The highest BCUT2D eigenvalue weighted by atomic mass is 16.3. The summed E-state index contributed by atoms with van der Waals surface area (Å²) < 4.78 is 4.10. The average Bonchev–Trinajstić information content (AvgIpc) is 3.13. The summed E-state index contributed by atoms with van der Waals surface area (Å²) in [7, 11) is 0. The van der Waals surface area contributed by atoms with Gasteiger partial charge in [0.25, 0.3) is 6.47 Å². The monoisotopic (exact) mass is 302 g/mol. The summed E-state index contributed by atoms with van der Waals surface area (Å²) in [5.74, 6) is 0. The van der Waals surface area contributed by atoms with E-state index in [2.05, 4.69) is 32.5 Å². The molecule has 3 heterocycles. The Morgan fingerprint density at radius 3 is 2.95 bits per heavy atom. The zero-order valence-corrected chi connectivity index (χ0v) is 12.4. The van der Waals surface area contributed by atoms with Crippen molar-refractivity contribution < 1.29 is 9.90 Å². The first-order valence-corrected chi connectivity index (χ1v) is 6.97. The maximum absolute atomic E-state index is 8.88. The van der Waals surface area contributed by atoms with Crippen LogP contribution in [0, 0.1) is 11.3 Å². The van der Waals surface area contributed by atoms with Gasteiger partial charge in [-0.15, -0.1) is 0 Å². The molecule has 0 saturated carbocycles. The zero-order chi connectivity index (χ0) is 15.9. The number of hydrogen-bond donors (Lipinski definition) is 1. The van der Waals surface area contributed by atoms with Gasteiger partial charge in [0, 0.05) is 32.4 Å². The average molecular weight is 302 g/mol. The number of carboxylic acid groups (broad SMARTS) is 1. The fraction of sp³-hybridized carbons (Fsp3) is 0.429. The number of fused-ring (bicyclic) bond motifs is 1. The molecule has 1 N–H and O–H groups in total. The lowest BCUT2D eigenvalue weighted by atomic mass is 10.2. The molecular weight excluding hydrogens is 284 g/mol. The Labute approximate surface area is 128 Å². The topological polar surface area (TPSA) is 100.0 Å². The van der Waals surface area contributed by atoms with Crippen LogP contribution in [0.1, 0.15) is 24.0 Å². The minimum Gasteiger partial charge on any atom is -0.483 e. The van der Waals surface area contributed by atoms with Crippen LogP contribution in [0.4, 0.5) is 0 Å². The standard InChI is InChI=1S/C13H16N6.CH2O2/c1-2-18-10-15-7-13(18)9-17-3-4-19-12(8-17)5-11(6-14)16-19;2-1-3/h5,7,10H,2-4,8-9H2,1H3;1H,(H,2,3). The maximum Gasteiger partial charge on any atom is 0.290 e. The molecule has 116 valence electrons. The number of aromatic nitrogens is 4. The Kier molecular flexibility index (Phi) is 5.27. The molecule has 0 bridgehead atoms. The lowest BCUT2D eigenvalue weighted by Crippen LogP contribution is -2.33. The van der Waals surface area contributed by atoms with Gasteiger partial charge in [-0.3, -0.25) is 14.4 Å². The van der Waals surface area contributed by atoms with E-state index in [1.807, 2.05) is 23.3 Å². The number of rotatable bonds is 3. The van der Waals surface area contributed by atoms with Crippen LogP contribution >= 0.6 is 0 Å². The van der Waals surface area contributed by atoms with Crippen LogP contribution in [-0.4, -0.2) is 42.4 Å². The molecule has 0 fully saturated rings. The summed E-state index contributed by atoms with van der Waals surface area (Å²) in [6.45, 7) is 6.34. The van der Waals surface area contributed by atoms with E-state index >= 15 is 0 Å². The molecule has 1 aliphatic rings. The fourth-order valence-corrected chi connectivity index (χ4v) is 2.50. The summed E-state index contributed by atoms with van der Waals surface area (Å²) in [4.78, 5) is 14.9. The number of nitrogens with zero attached hydrogens (tertiary/aromatic N) is 6. The molecule has 0 amide bonds. The molecule has 22 heavy (non-hydrogen) atoms. The van der Waals surface area contributed by atoms with Crippen molar-refractivity contribution in [3.8, 4) is 6.07 Å². The molecule has 3 rings (SSSR count). The normalized spacial score (nSPS) is 13.6. The number of aryl methyl sites for hydroxylation is 1. The van der Waals surface area contributed by atoms with Crippen molar-refractivity contribution in [2.24, 2.45) is 0 Å². The Hall–Kier alpha value is -2.66. The molecule has 1 aliphatic heterocycles. The Bertz CT molecular complexity index is 669. The lowest BCUT2D eigenvalue weighted by Gasteiger charge is -2.27. The number of imidazole rings is 1. The zero-order valence-electron chi connectivity index (χ0n) is 12.4. The van der Waals surface area contributed by atoms with Crippen LogP contribution in [0.3, 0.4) is 0 Å². The van der Waals surface area contributed by atoms with Gasteiger partial charge in [0.1, 0.15) is 6.07 Å². The third kappa shape index (κ3) is 3.51. The third-order valence-corrected chi connectivity index (χ3v) is 3.52. The van der Waals surface area contributed by atoms with E-state index in [-0.39, 0.29) is 6.47 Å². The second-order valence-corrected chi connectivity index (χ2v) is 4.84. The van der Waals surface area contributed by atoms with Crippen LogP contribution in [0.15, 0.2) is 18.6 Å². The van der Waals surface area contributed by atoms with Crippen LogP contribution in [0.2, 0.25) is 0 Å². The van der Waals surface area contributed by atoms with Gasteiger partial charge in [-0.1, -0.05) is 0 Å². The number of nitriles is 1. The molecule has 0 spiro atoms. The highest BCUT2D eigenvalue weighted by Gasteiger charge is 2.19. The minimum atomic E-state index is -0.250. The number of hydrogen-bond acceptors (Lipinski definition) is 5. The van der Waals surface area contributed by atoms with E-state index in [9.17, 15) is 0 Å². The molecule has 0 atom stereocenters. The second-order valence-electron chi connectivity index (χ2n) is 4.84. The minimum absolute atomic E-state index is 0.250. The van der Waals surface area contributed by atoms with Gasteiger partial charge in [-0.2, -0.15) is 10.4 Å². The Morgan fingerprint density at radius 1 is 1.50 bits per heavy atom. The molecular formula is C14H18N6O2. The van der Waals surface area contributed by atoms with Crippen molar-refractivity contribution in [2.45, 2.75) is 33.1 Å². The van der Waals surface area contributed by atoms with Crippen LogP contribution in [-0.2, 0) is 31.0 Å². The van der Waals surface area contributed by atoms with Gasteiger partial charge >= 0.3 is 0 Å². The van der Waals surface area contributed by atoms with Crippen LogP contribution in [0.5, 0.6) is 0 Å². The quantitative estimate of drug-likeness (QED) is 0.837. The van der Waals surface area contributed by atoms with Crippen molar-refractivity contribution >= 4 is 6.47 Å². The first kappa shape index (κ1) is 15.7. The molecule has 2 aromatic heterocycles. The fourth-order valence-electron chi connectivity index (χ4n) is 2.50. The van der Waals surface area contributed by atoms with Gasteiger partial charge in [0.2, 0.25) is 0 Å². The highest BCUT2D eigenvalue weighted by Crippen LogP contribution is 2.15. The van der Waals surface area contributed by atoms with Gasteiger partial charge in [0.15, 0.2) is 5.69 Å². The first-order chi connectivity index (χ1) is 10.7. The maximum atomic E-state index is 8.88. The smallest absolute Gasteiger partial charge is 0.290 e. The van der Waals surface area contributed by atoms with Crippen molar-refractivity contribution in [1.82, 2.24) is 24.2 Å². The molecule has 0 radical (unpaired) electrons. The van der Waals surface area contributed by atoms with Crippen LogP contribution < -0.4 is 0 Å². The predicted molar refractivity (Wildman–Crippen MR) is 77.6 cm³/mol. The summed E-state index contributed by atoms with van der Waals surface area (Å²) in [5.41, 5.74) is 2.86. The highest BCUT2D eigenvalue weighted by molar-refractivity contribution is 5.32. The van der Waals surface area contributed by atoms with Crippen molar-refractivity contribution in [3.05, 3.63) is 35.7 Å². The lowest BCUT2D eigenvalue weighted by molar-refractivity contribution is -0.122. The van der Waals surface area contributed by atoms with Gasteiger partial charge in [0.05, 0.1) is 24.3 Å². The van der Waals surface area contributed by atoms with Crippen molar-refractivity contribution in [2.75, 3.05) is 6.54 Å². The van der Waals surface area contributed by atoms with Gasteiger partial charge in [-0.05, 0) is 13.0 Å². The van der Waals surface area contributed by atoms with E-state index in [0.717, 1.165) is 38.4 Å². The van der Waals surface area contributed by atoms with Crippen LogP contribution in [0.25, 0.3) is 0 Å². The summed E-state index contributed by atoms with van der Waals surface area (Å²) in [5, 5.41) is 20.0. The Morgan fingerprint density at radius 2 is 2.27 bits per heavy atom. The molecule has 8 nitrogen and oxygen atoms in total. The third-order valence-electron chi connectivity index (χ3n) is 3.52. The molecule has 0 unspecified atom stereocenters. The number of carbonyl (C=O) groups is 1. The van der Waals surface area contributed by atoms with E-state index in [4.69, 9.17) is 15.2 Å². The molecule has 8 heteroatoms. The second kappa shape index (κ2) is 7.38. The van der Waals surface area contributed by atoms with E-state index < -0.39 is 0 Å². The van der Waals surface area contributed by atoms with E-state index in [1.54, 1.807) is 0 Å². The predicted octanol–water partition coefficient (Wildman–Crippen LogP) is 0.688. The molecule has 2 aromatic rings. The first-order valence-electron chi connectivity index (χ1n) is 6.97. The van der Waals surface area contributed by atoms with Crippen molar-refractivity contribution in [1.29, 1.82) is 5.26 Å². The molecule has 0 aliphatic carbocycles. The SMILES string of the molecule is CCn1cncc1CN1CCn2nc(C#N)cc2C1.O=CO. The van der Waals surface area contributed by atoms with E-state index in [1.165, 1.54) is 5.69 Å². The summed E-state index contributed by atoms with van der Waals surface area (Å²) in [6.07, 6.45) is 3.80. The largest absolute Gasteiger partial charge is 0.483 e. The summed E-state index contributed by atoms with van der Waals surface area (Å²) in [6, 6.07) is 3.98. The van der Waals surface area contributed by atoms with Gasteiger partial charge < -0.3 is 9.67 Å².